The highest BCUT2D eigenvalue weighted by atomic mass is 16.5. The Bertz CT molecular complexity index is 1160. The lowest BCUT2D eigenvalue weighted by Gasteiger charge is -2.29. The molecule has 1 aromatic heterocycles. The molecule has 1 aliphatic carbocycles. The lowest BCUT2D eigenvalue weighted by molar-refractivity contribution is -0.136. The number of nitrogens with zero attached hydrogens (tertiary/aromatic N) is 2. The Morgan fingerprint density at radius 2 is 1.81 bits per heavy atom. The third kappa shape index (κ3) is 5.77. The second-order valence-electron chi connectivity index (χ2n) is 10.1. The molecule has 1 aromatic carbocycles. The predicted molar refractivity (Wildman–Crippen MR) is 136 cm³/mol. The molecular weight excluding hydrogens is 472 g/mol. The average Bonchev–Trinajstić information content (AvgIpc) is 3.19. The van der Waals surface area contributed by atoms with E-state index in [9.17, 15) is 14.4 Å². The van der Waals surface area contributed by atoms with Crippen molar-refractivity contribution in [3.63, 3.8) is 0 Å². The number of piperidine rings is 1. The Kier molecular flexibility index (Phi) is 7.69. The fourth-order valence-corrected chi connectivity index (χ4v) is 5.31. The minimum atomic E-state index is -0.569. The molecule has 0 spiro atoms. The number of nitrogens with one attached hydrogen (secondary N) is 2. The predicted octanol–water partition coefficient (Wildman–Crippen LogP) is 2.94. The van der Waals surface area contributed by atoms with Gasteiger partial charge in [0.05, 0.1) is 13.2 Å². The minimum Gasteiger partial charge on any atom is -0.490 e. The zero-order valence-corrected chi connectivity index (χ0v) is 21.2. The van der Waals surface area contributed by atoms with Crippen molar-refractivity contribution in [3.05, 3.63) is 53.2 Å². The standard InChI is InChI=1S/C19H22N2O4.C9H12N2O/c22-17-9-8-16(18(23)20-17)21-11-12-10-14(6-7-15(12)19(21)24)25-13-4-2-1-3-5-13;1-12-9-4-7(2-3-11-9)8-5-10-6-8/h6-7,10,13,16H,1-5,8-9,11H2,(H,20,22,23);2-4,8,10H,5-6H2,1H3. The highest BCUT2D eigenvalue weighted by Gasteiger charge is 2.39. The van der Waals surface area contributed by atoms with Gasteiger partial charge in [-0.15, -0.1) is 0 Å². The number of methoxy groups -OCH3 is 1. The van der Waals surface area contributed by atoms with Crippen LogP contribution in [0.4, 0.5) is 0 Å². The van der Waals surface area contributed by atoms with Crippen LogP contribution in [0.2, 0.25) is 0 Å². The van der Waals surface area contributed by atoms with Gasteiger partial charge in [0.1, 0.15) is 11.8 Å². The Morgan fingerprint density at radius 3 is 2.51 bits per heavy atom. The van der Waals surface area contributed by atoms with Crippen molar-refractivity contribution >= 4 is 17.7 Å². The highest BCUT2D eigenvalue weighted by molar-refractivity contribution is 6.05. The molecule has 3 fully saturated rings. The molecule has 2 N–H and O–H groups in total. The molecule has 6 rings (SSSR count). The van der Waals surface area contributed by atoms with Crippen molar-refractivity contribution in [1.29, 1.82) is 0 Å². The normalized spacial score (nSPS) is 21.9. The molecule has 1 unspecified atom stereocenters. The fraction of sp³-hybridized carbons (Fsp3) is 0.500. The molecule has 37 heavy (non-hydrogen) atoms. The number of benzene rings is 1. The number of rotatable bonds is 5. The lowest BCUT2D eigenvalue weighted by Crippen LogP contribution is -2.52. The summed E-state index contributed by atoms with van der Waals surface area (Å²) < 4.78 is 11.1. The van der Waals surface area contributed by atoms with Crippen molar-refractivity contribution < 1.29 is 23.9 Å². The molecular formula is C28H34N4O5. The van der Waals surface area contributed by atoms with E-state index in [0.29, 0.717) is 30.3 Å². The van der Waals surface area contributed by atoms with Gasteiger partial charge in [-0.3, -0.25) is 19.7 Å². The summed E-state index contributed by atoms with van der Waals surface area (Å²) in [6.45, 7) is 2.54. The van der Waals surface area contributed by atoms with E-state index in [1.165, 1.54) is 24.8 Å². The maximum Gasteiger partial charge on any atom is 0.255 e. The van der Waals surface area contributed by atoms with Gasteiger partial charge >= 0.3 is 0 Å². The number of pyridine rings is 1. The molecule has 3 amide bonds. The third-order valence-corrected chi connectivity index (χ3v) is 7.57. The van der Waals surface area contributed by atoms with Crippen LogP contribution in [0, 0.1) is 0 Å². The van der Waals surface area contributed by atoms with Gasteiger partial charge in [-0.05, 0) is 67.5 Å². The van der Waals surface area contributed by atoms with Crippen molar-refractivity contribution in [2.45, 2.75) is 69.6 Å². The molecule has 0 radical (unpaired) electrons. The highest BCUT2D eigenvalue weighted by Crippen LogP contribution is 2.31. The van der Waals surface area contributed by atoms with Crippen LogP contribution in [-0.2, 0) is 16.1 Å². The van der Waals surface area contributed by atoms with Gasteiger partial charge < -0.3 is 19.7 Å². The van der Waals surface area contributed by atoms with E-state index in [1.807, 2.05) is 24.3 Å². The summed E-state index contributed by atoms with van der Waals surface area (Å²) in [6.07, 6.45) is 8.56. The Morgan fingerprint density at radius 1 is 1.00 bits per heavy atom. The van der Waals surface area contributed by atoms with Crippen LogP contribution in [0.25, 0.3) is 0 Å². The molecule has 1 saturated carbocycles. The van der Waals surface area contributed by atoms with Crippen LogP contribution in [0.3, 0.4) is 0 Å². The first-order chi connectivity index (χ1) is 18.0. The Labute approximate surface area is 216 Å². The summed E-state index contributed by atoms with van der Waals surface area (Å²) in [6, 6.07) is 9.05. The molecule has 1 atom stereocenters. The molecule has 9 heteroatoms. The number of hydrogen-bond acceptors (Lipinski definition) is 7. The van der Waals surface area contributed by atoms with Crippen LogP contribution >= 0.6 is 0 Å². The van der Waals surface area contributed by atoms with Gasteiger partial charge in [-0.2, -0.15) is 0 Å². The van der Waals surface area contributed by atoms with E-state index in [0.717, 1.165) is 37.2 Å². The molecule has 9 nitrogen and oxygen atoms in total. The third-order valence-electron chi connectivity index (χ3n) is 7.57. The summed E-state index contributed by atoms with van der Waals surface area (Å²) in [4.78, 5) is 41.6. The number of aromatic nitrogens is 1. The fourth-order valence-electron chi connectivity index (χ4n) is 5.31. The van der Waals surface area contributed by atoms with E-state index in [2.05, 4.69) is 15.6 Å². The van der Waals surface area contributed by atoms with E-state index >= 15 is 0 Å². The van der Waals surface area contributed by atoms with Crippen molar-refractivity contribution in [3.8, 4) is 11.6 Å². The summed E-state index contributed by atoms with van der Waals surface area (Å²) in [7, 11) is 1.64. The minimum absolute atomic E-state index is 0.145. The van der Waals surface area contributed by atoms with Gasteiger partial charge in [0.2, 0.25) is 17.7 Å². The van der Waals surface area contributed by atoms with Crippen LogP contribution in [-0.4, -0.2) is 60.0 Å². The number of carbonyl (C=O) groups excluding carboxylic acids is 3. The van der Waals surface area contributed by atoms with Crippen molar-refractivity contribution in [2.24, 2.45) is 0 Å². The van der Waals surface area contributed by atoms with E-state index in [-0.39, 0.29) is 30.2 Å². The van der Waals surface area contributed by atoms with Crippen LogP contribution < -0.4 is 20.1 Å². The van der Waals surface area contributed by atoms with E-state index in [1.54, 1.807) is 24.3 Å². The largest absolute Gasteiger partial charge is 0.490 e. The summed E-state index contributed by atoms with van der Waals surface area (Å²) in [5.41, 5.74) is 2.84. The summed E-state index contributed by atoms with van der Waals surface area (Å²) >= 11 is 0. The molecule has 196 valence electrons. The maximum atomic E-state index is 12.6. The second kappa shape index (κ2) is 11.3. The average molecular weight is 507 g/mol. The van der Waals surface area contributed by atoms with Crippen LogP contribution in [0.15, 0.2) is 36.5 Å². The van der Waals surface area contributed by atoms with Gasteiger partial charge in [-0.1, -0.05) is 6.42 Å². The Balaban J connectivity index is 0.000000195. The topological polar surface area (TPSA) is 110 Å². The number of fused-ring (bicyclic) bond motifs is 1. The zero-order chi connectivity index (χ0) is 25.8. The zero-order valence-electron chi connectivity index (χ0n) is 21.2. The lowest BCUT2D eigenvalue weighted by atomic mass is 9.95. The molecule has 0 bridgehead atoms. The van der Waals surface area contributed by atoms with E-state index in [4.69, 9.17) is 9.47 Å². The van der Waals surface area contributed by atoms with Gasteiger partial charge in [0.25, 0.3) is 5.91 Å². The molecule has 3 aliphatic heterocycles. The smallest absolute Gasteiger partial charge is 0.255 e. The number of hydrogen-bond donors (Lipinski definition) is 2. The Hall–Kier alpha value is -3.46. The summed E-state index contributed by atoms with van der Waals surface area (Å²) in [5.74, 6) is 1.36. The number of imide groups is 1. The van der Waals surface area contributed by atoms with Gasteiger partial charge in [0, 0.05) is 49.8 Å². The quantitative estimate of drug-likeness (QED) is 0.600. The van der Waals surface area contributed by atoms with Crippen LogP contribution in [0.1, 0.15) is 72.3 Å². The molecule has 4 aliphatic rings. The van der Waals surface area contributed by atoms with Crippen LogP contribution in [0.5, 0.6) is 11.6 Å². The van der Waals surface area contributed by atoms with Crippen molar-refractivity contribution in [2.75, 3.05) is 20.2 Å². The maximum absolute atomic E-state index is 12.6. The first-order valence-electron chi connectivity index (χ1n) is 13.2. The summed E-state index contributed by atoms with van der Waals surface area (Å²) in [5, 5.41) is 5.56. The molecule has 2 saturated heterocycles. The SMILES string of the molecule is COc1cc(C2CNC2)ccn1.O=C1CCC(N2Cc3cc(OC4CCCCC4)ccc3C2=O)C(=O)N1. The number of ether oxygens (including phenoxy) is 2. The molecule has 2 aromatic rings. The van der Waals surface area contributed by atoms with Crippen molar-refractivity contribution in [1.82, 2.24) is 20.5 Å². The molecule has 4 heterocycles. The van der Waals surface area contributed by atoms with Gasteiger partial charge in [-0.25, -0.2) is 4.98 Å². The monoisotopic (exact) mass is 506 g/mol. The second-order valence-corrected chi connectivity index (χ2v) is 10.1. The van der Waals surface area contributed by atoms with Gasteiger partial charge in [0.15, 0.2) is 0 Å². The first-order valence-corrected chi connectivity index (χ1v) is 13.2. The number of carbonyl (C=O) groups is 3. The first kappa shape index (κ1) is 25.2. The van der Waals surface area contributed by atoms with E-state index < -0.39 is 6.04 Å². The number of amides is 3.